The van der Waals surface area contributed by atoms with Crippen molar-refractivity contribution in [2.75, 3.05) is 13.2 Å². The van der Waals surface area contributed by atoms with Gasteiger partial charge in [-0.3, -0.25) is 0 Å². The van der Waals surface area contributed by atoms with Gasteiger partial charge in [-0.1, -0.05) is 0 Å². The van der Waals surface area contributed by atoms with Gasteiger partial charge in [-0.2, -0.15) is 0 Å². The van der Waals surface area contributed by atoms with Crippen LogP contribution in [0.15, 0.2) is 0 Å². The van der Waals surface area contributed by atoms with E-state index in [-0.39, 0.29) is 21.4 Å². The van der Waals surface area contributed by atoms with Crippen molar-refractivity contribution in [2.24, 2.45) is 10.8 Å². The van der Waals surface area contributed by atoms with E-state index in [1.165, 1.54) is 0 Å². The Morgan fingerprint density at radius 2 is 1.43 bits per heavy atom. The summed E-state index contributed by atoms with van der Waals surface area (Å²) in [5, 5.41) is 0. The average Bonchev–Trinajstić information content (AvgIpc) is 2.31. The third kappa shape index (κ3) is 10.7. The zero-order chi connectivity index (χ0) is 16.9. The van der Waals surface area contributed by atoms with Crippen molar-refractivity contribution >= 4 is 26.6 Å². The van der Waals surface area contributed by atoms with Crippen molar-refractivity contribution in [1.82, 2.24) is 0 Å². The normalized spacial score (nSPS) is 15.0. The molecule has 4 nitrogen and oxygen atoms in total. The van der Waals surface area contributed by atoms with E-state index >= 15 is 0 Å². The predicted molar refractivity (Wildman–Crippen MR) is 88.9 cm³/mol. The number of hydrogen-bond acceptors (Lipinski definition) is 4. The molecule has 0 aromatic heterocycles. The van der Waals surface area contributed by atoms with Crippen molar-refractivity contribution in [3.05, 3.63) is 0 Å². The monoisotopic (exact) mass is 386 g/mol. The van der Waals surface area contributed by atoms with Crippen LogP contribution in [0.3, 0.4) is 0 Å². The molecule has 0 aromatic rings. The topological polar surface area (TPSA) is 52.6 Å². The third-order valence-corrected chi connectivity index (χ3v) is 9.36. The van der Waals surface area contributed by atoms with Gasteiger partial charge in [0.25, 0.3) is 0 Å². The molecule has 0 saturated carbocycles. The fourth-order valence-electron chi connectivity index (χ4n) is 1.18. The summed E-state index contributed by atoms with van der Waals surface area (Å²) in [4.78, 5) is 11.5. The SMILES string of the molecule is CCC(=O)C(C)[Se]P(=O)(OCC(C)(C)C)OCC(C)(C)C. The predicted octanol–water partition coefficient (Wildman–Crippen LogP) is 4.71. The molecule has 1 unspecified atom stereocenters. The van der Waals surface area contributed by atoms with Crippen molar-refractivity contribution in [3.63, 3.8) is 0 Å². The molecule has 0 aliphatic heterocycles. The van der Waals surface area contributed by atoms with Crippen molar-refractivity contribution < 1.29 is 18.4 Å². The van der Waals surface area contributed by atoms with E-state index in [9.17, 15) is 9.36 Å². The van der Waals surface area contributed by atoms with E-state index in [0.29, 0.717) is 19.6 Å². The van der Waals surface area contributed by atoms with Gasteiger partial charge in [-0.25, -0.2) is 0 Å². The zero-order valence-electron chi connectivity index (χ0n) is 14.7. The second-order valence-corrected chi connectivity index (χ2v) is 14.9. The van der Waals surface area contributed by atoms with Gasteiger partial charge in [0, 0.05) is 0 Å². The maximum absolute atomic E-state index is 13.0. The number of carbonyl (C=O) groups is 1. The number of hydrogen-bond donors (Lipinski definition) is 0. The number of rotatable bonds is 8. The summed E-state index contributed by atoms with van der Waals surface area (Å²) in [6.45, 7) is 16.5. The van der Waals surface area contributed by atoms with Crippen LogP contribution in [-0.4, -0.2) is 33.5 Å². The summed E-state index contributed by atoms with van der Waals surface area (Å²) < 4.78 is 24.3. The standard InChI is InChI=1S/C15H31O4PSe/c1-9-13(16)12(2)21-20(17,18-10-14(3,4)5)19-11-15(6,7)8/h12H,9-11H2,1-8H3. The van der Waals surface area contributed by atoms with E-state index in [2.05, 4.69) is 0 Å². The molecule has 0 heterocycles. The summed E-state index contributed by atoms with van der Waals surface area (Å²) in [5.74, 6) is 0.119. The number of carbonyl (C=O) groups excluding carboxylic acids is 1. The van der Waals surface area contributed by atoms with Crippen molar-refractivity contribution in [2.45, 2.75) is 66.6 Å². The second-order valence-electron chi connectivity index (χ2n) is 7.68. The summed E-state index contributed by atoms with van der Waals surface area (Å²) in [7, 11) is 0. The third-order valence-electron chi connectivity index (χ3n) is 2.40. The van der Waals surface area contributed by atoms with Gasteiger partial charge in [0.2, 0.25) is 0 Å². The number of Topliss-reactive ketones (excluding diaryl/α,β-unsaturated/α-hetero) is 1. The van der Waals surface area contributed by atoms with Crippen LogP contribution >= 0.6 is 6.29 Å². The van der Waals surface area contributed by atoms with Crippen LogP contribution in [0.1, 0.15) is 61.8 Å². The summed E-state index contributed by atoms with van der Waals surface area (Å²) >= 11 is -0.489. The van der Waals surface area contributed by atoms with E-state index < -0.39 is 20.8 Å². The molecular formula is C15H31O4PSe. The molecule has 6 heteroatoms. The molecule has 0 aromatic carbocycles. The van der Waals surface area contributed by atoms with Crippen molar-refractivity contribution in [3.8, 4) is 0 Å². The minimum atomic E-state index is -3.19. The molecule has 0 radical (unpaired) electrons. The Bertz CT molecular complexity index is 360. The summed E-state index contributed by atoms with van der Waals surface area (Å²) in [6, 6.07) is 0. The van der Waals surface area contributed by atoms with Gasteiger partial charge in [0.15, 0.2) is 0 Å². The molecule has 0 aliphatic carbocycles. The van der Waals surface area contributed by atoms with E-state index in [0.717, 1.165) is 0 Å². The first kappa shape index (κ1) is 21.3. The zero-order valence-corrected chi connectivity index (χ0v) is 17.3. The van der Waals surface area contributed by atoms with Crippen LogP contribution in [0.25, 0.3) is 0 Å². The van der Waals surface area contributed by atoms with Gasteiger partial charge in [0.05, 0.1) is 0 Å². The first-order chi connectivity index (χ1) is 9.28. The summed E-state index contributed by atoms with van der Waals surface area (Å²) in [6.07, 6.45) is -2.73. The maximum atomic E-state index is 13.0. The first-order valence-corrected chi connectivity index (χ1v) is 12.1. The number of ketones is 1. The van der Waals surface area contributed by atoms with Crippen LogP contribution in [0.4, 0.5) is 0 Å². The van der Waals surface area contributed by atoms with E-state index in [1.54, 1.807) is 0 Å². The summed E-state index contributed by atoms with van der Waals surface area (Å²) in [5.41, 5.74) is -0.177. The van der Waals surface area contributed by atoms with Crippen LogP contribution in [0.5, 0.6) is 0 Å². The molecule has 0 amide bonds. The Morgan fingerprint density at radius 1 is 1.05 bits per heavy atom. The quantitative estimate of drug-likeness (QED) is 0.449. The molecular weight excluding hydrogens is 354 g/mol. The molecule has 0 rings (SSSR count). The van der Waals surface area contributed by atoms with E-state index in [1.807, 2.05) is 55.4 Å². The molecule has 0 fully saturated rings. The van der Waals surface area contributed by atoms with Crippen molar-refractivity contribution in [1.29, 1.82) is 0 Å². The fraction of sp³-hybridized carbons (Fsp3) is 0.933. The Kier molecular flexibility index (Phi) is 8.40. The molecule has 0 spiro atoms. The molecule has 0 aliphatic rings. The van der Waals surface area contributed by atoms with Gasteiger partial charge in [-0.05, 0) is 0 Å². The molecule has 21 heavy (non-hydrogen) atoms. The van der Waals surface area contributed by atoms with E-state index in [4.69, 9.17) is 9.05 Å². The van der Waals surface area contributed by atoms with Crippen LogP contribution in [0, 0.1) is 10.8 Å². The van der Waals surface area contributed by atoms with Crippen LogP contribution in [0.2, 0.25) is 4.82 Å². The fourth-order valence-corrected chi connectivity index (χ4v) is 7.93. The Balaban J connectivity index is 4.90. The van der Waals surface area contributed by atoms with Crippen LogP contribution in [-0.2, 0) is 18.4 Å². The molecule has 0 N–H and O–H groups in total. The van der Waals surface area contributed by atoms with Gasteiger partial charge >= 0.3 is 136 Å². The molecule has 0 bridgehead atoms. The average molecular weight is 385 g/mol. The second kappa shape index (κ2) is 8.26. The van der Waals surface area contributed by atoms with Crippen LogP contribution < -0.4 is 0 Å². The molecule has 126 valence electrons. The molecule has 0 saturated heterocycles. The molecule has 1 atom stereocenters. The van der Waals surface area contributed by atoms with Gasteiger partial charge in [0.1, 0.15) is 0 Å². The Morgan fingerprint density at radius 3 is 1.71 bits per heavy atom. The minimum absolute atomic E-state index is 0.0885. The first-order valence-electron chi connectivity index (χ1n) is 7.38. The van der Waals surface area contributed by atoms with Gasteiger partial charge < -0.3 is 0 Å². The van der Waals surface area contributed by atoms with Gasteiger partial charge in [-0.15, -0.1) is 0 Å². The Labute approximate surface area is 136 Å². The Hall–Kier alpha value is 0.339.